The van der Waals surface area contributed by atoms with Gasteiger partial charge in [0.25, 0.3) is 0 Å². The number of amides is 4. The minimum absolute atomic E-state index is 0.0321. The number of hydrogen-bond acceptors (Lipinski definition) is 6. The van der Waals surface area contributed by atoms with Crippen molar-refractivity contribution in [3.05, 3.63) is 0 Å². The van der Waals surface area contributed by atoms with Gasteiger partial charge >= 0.3 is 11.8 Å². The van der Waals surface area contributed by atoms with Crippen LogP contribution in [-0.4, -0.2) is 82.9 Å². The average Bonchev–Trinajstić information content (AvgIpc) is 3.44. The summed E-state index contributed by atoms with van der Waals surface area (Å²) < 4.78 is 13.8. The van der Waals surface area contributed by atoms with Gasteiger partial charge in [0, 0.05) is 24.5 Å². The summed E-state index contributed by atoms with van der Waals surface area (Å²) in [5, 5.41) is 17.5. The summed E-state index contributed by atoms with van der Waals surface area (Å²) in [6.45, 7) is 1.72. The van der Waals surface area contributed by atoms with Gasteiger partial charge in [0.15, 0.2) is 5.78 Å². The Balaban J connectivity index is 1.30. The number of nitrogens with zero attached hydrogens (tertiary/aromatic N) is 1. The lowest BCUT2D eigenvalue weighted by molar-refractivity contribution is -0.167. The van der Waals surface area contributed by atoms with E-state index in [9.17, 15) is 33.5 Å². The van der Waals surface area contributed by atoms with Gasteiger partial charge in [0.05, 0.1) is 6.04 Å². The highest BCUT2D eigenvalue weighted by molar-refractivity contribution is 6.35. The van der Waals surface area contributed by atoms with Gasteiger partial charge in [0.1, 0.15) is 18.8 Å². The summed E-state index contributed by atoms with van der Waals surface area (Å²) in [4.78, 5) is 65.2. The highest BCUT2D eigenvalue weighted by Crippen LogP contribution is 2.53. The molecule has 0 aromatic rings. The molecule has 192 valence electrons. The van der Waals surface area contributed by atoms with Gasteiger partial charge < -0.3 is 26.0 Å². The third kappa shape index (κ3) is 4.21. The van der Waals surface area contributed by atoms with Crippen molar-refractivity contribution in [3.63, 3.8) is 0 Å². The first-order chi connectivity index (χ1) is 16.6. The number of nitrogens with one attached hydrogen (secondary N) is 3. The first-order valence-electron chi connectivity index (χ1n) is 12.6. The maximum Gasteiger partial charge on any atom is 0.309 e. The second-order valence-corrected chi connectivity index (χ2v) is 11.2. The second-order valence-electron chi connectivity index (χ2n) is 11.2. The maximum atomic E-state index is 13.8. The summed E-state index contributed by atoms with van der Waals surface area (Å²) in [7, 11) is 0. The van der Waals surface area contributed by atoms with Gasteiger partial charge in [-0.3, -0.25) is 24.0 Å². The number of carbonyl (C=O) groups excluding carboxylic acids is 5. The van der Waals surface area contributed by atoms with Crippen molar-refractivity contribution in [1.29, 1.82) is 0 Å². The quantitative estimate of drug-likeness (QED) is 0.342. The van der Waals surface area contributed by atoms with Crippen LogP contribution in [0.15, 0.2) is 0 Å². The topological polar surface area (TPSA) is 145 Å². The van der Waals surface area contributed by atoms with E-state index < -0.39 is 54.3 Å². The number of carbonyl (C=O) groups is 5. The predicted octanol–water partition coefficient (Wildman–Crippen LogP) is -0.809. The van der Waals surface area contributed by atoms with Gasteiger partial charge in [-0.25, -0.2) is 4.39 Å². The Morgan fingerprint density at radius 3 is 2.46 bits per heavy atom. The Morgan fingerprint density at radius 1 is 1.17 bits per heavy atom. The maximum absolute atomic E-state index is 13.8. The van der Waals surface area contributed by atoms with E-state index in [1.54, 1.807) is 0 Å². The number of alkyl halides is 1. The summed E-state index contributed by atoms with van der Waals surface area (Å²) in [5.74, 6) is -3.44. The SMILES string of the molecule is CC12CCC1N(C(CC1CCNC1=O)C(=O)CO)C(=O)[C@@H](NC(=O)C(=O)N[C@H]1C[C@@H](F)C3CC31)C2. The first kappa shape index (κ1) is 24.1. The molecule has 5 aliphatic rings. The minimum Gasteiger partial charge on any atom is -0.389 e. The van der Waals surface area contributed by atoms with E-state index in [1.165, 1.54) is 4.90 Å². The van der Waals surface area contributed by atoms with E-state index in [2.05, 4.69) is 16.0 Å². The number of piperidine rings is 1. The number of hydrogen-bond donors (Lipinski definition) is 4. The van der Waals surface area contributed by atoms with Crippen LogP contribution in [0.1, 0.15) is 51.9 Å². The third-order valence-electron chi connectivity index (χ3n) is 9.07. The van der Waals surface area contributed by atoms with Gasteiger partial charge in [-0.15, -0.1) is 0 Å². The molecule has 9 atom stereocenters. The third-order valence-corrected chi connectivity index (χ3v) is 9.07. The van der Waals surface area contributed by atoms with E-state index >= 15 is 0 Å². The van der Waals surface area contributed by atoms with Crippen LogP contribution in [0.25, 0.3) is 0 Å². The molecule has 11 heteroatoms. The fourth-order valence-electron chi connectivity index (χ4n) is 6.82. The summed E-state index contributed by atoms with van der Waals surface area (Å²) >= 11 is 0. The molecular formula is C24H33FN4O6. The molecule has 35 heavy (non-hydrogen) atoms. The number of aliphatic hydroxyl groups is 1. The first-order valence-corrected chi connectivity index (χ1v) is 12.6. The molecular weight excluding hydrogens is 459 g/mol. The van der Waals surface area contributed by atoms with Crippen molar-refractivity contribution in [1.82, 2.24) is 20.9 Å². The van der Waals surface area contributed by atoms with Crippen molar-refractivity contribution in [2.75, 3.05) is 13.2 Å². The van der Waals surface area contributed by atoms with Crippen LogP contribution in [0.2, 0.25) is 0 Å². The Morgan fingerprint density at radius 2 is 1.91 bits per heavy atom. The highest BCUT2D eigenvalue weighted by Gasteiger charge is 2.58. The lowest BCUT2D eigenvalue weighted by atomic mass is 9.59. The number of Topliss-reactive ketones (excluding diaryl/α,β-unsaturated/α-hetero) is 1. The number of rotatable bonds is 7. The molecule has 0 aromatic heterocycles. The van der Waals surface area contributed by atoms with E-state index in [4.69, 9.17) is 0 Å². The van der Waals surface area contributed by atoms with Crippen LogP contribution in [0, 0.1) is 23.2 Å². The standard InChI is InChI=1S/C24H33FN4O6/c1-24-4-2-19(24)29(17(18(31)10-30)6-11-3-5-26-20(11)32)23(35)16(9-24)28-22(34)21(33)27-15-8-14(25)12-7-13(12)15/h11-17,19,30H,2-10H2,1H3,(H,26,32)(H,27,33)(H,28,34)/t11?,12?,13?,14-,15+,16+,17?,19?,24?/m1/s1. The molecule has 0 spiro atoms. The Kier molecular flexibility index (Phi) is 6.09. The van der Waals surface area contributed by atoms with Crippen molar-refractivity contribution >= 4 is 29.4 Å². The number of ketones is 1. The Labute approximate surface area is 202 Å². The Bertz CT molecular complexity index is 960. The average molecular weight is 493 g/mol. The number of likely N-dealkylation sites (tertiary alicyclic amines) is 1. The van der Waals surface area contributed by atoms with Gasteiger partial charge in [-0.2, -0.15) is 0 Å². The zero-order valence-electron chi connectivity index (χ0n) is 19.8. The highest BCUT2D eigenvalue weighted by atomic mass is 19.1. The second kappa shape index (κ2) is 8.83. The summed E-state index contributed by atoms with van der Waals surface area (Å²) in [6.07, 6.45) is 2.40. The molecule has 6 unspecified atom stereocenters. The van der Waals surface area contributed by atoms with Crippen molar-refractivity contribution in [2.24, 2.45) is 23.2 Å². The number of halogens is 1. The van der Waals surface area contributed by atoms with Crippen LogP contribution < -0.4 is 16.0 Å². The van der Waals surface area contributed by atoms with E-state index in [1.807, 2.05) is 6.92 Å². The summed E-state index contributed by atoms with van der Waals surface area (Å²) in [6, 6.07) is -2.60. The Hall–Kier alpha value is -2.56. The molecule has 0 radical (unpaired) electrons. The molecule has 2 heterocycles. The molecule has 2 saturated heterocycles. The van der Waals surface area contributed by atoms with Crippen LogP contribution in [0.4, 0.5) is 4.39 Å². The smallest absolute Gasteiger partial charge is 0.309 e. The predicted molar refractivity (Wildman–Crippen MR) is 119 cm³/mol. The van der Waals surface area contributed by atoms with E-state index in [0.29, 0.717) is 32.2 Å². The minimum atomic E-state index is -1.01. The molecule has 4 N–H and O–H groups in total. The zero-order chi connectivity index (χ0) is 25.1. The monoisotopic (exact) mass is 492 g/mol. The van der Waals surface area contributed by atoms with Crippen LogP contribution >= 0.6 is 0 Å². The van der Waals surface area contributed by atoms with E-state index in [-0.39, 0.29) is 48.1 Å². The van der Waals surface area contributed by atoms with Crippen molar-refractivity contribution in [2.45, 2.75) is 82.2 Å². The number of fused-ring (bicyclic) bond motifs is 2. The number of aliphatic hydroxyl groups excluding tert-OH is 1. The molecule has 0 aromatic carbocycles. The molecule has 4 amide bonds. The van der Waals surface area contributed by atoms with E-state index in [0.717, 1.165) is 6.42 Å². The fourth-order valence-corrected chi connectivity index (χ4v) is 6.82. The van der Waals surface area contributed by atoms with Crippen LogP contribution in [0.5, 0.6) is 0 Å². The van der Waals surface area contributed by atoms with Crippen molar-refractivity contribution in [3.8, 4) is 0 Å². The molecule has 3 aliphatic carbocycles. The summed E-state index contributed by atoms with van der Waals surface area (Å²) in [5.41, 5.74) is -0.359. The van der Waals surface area contributed by atoms with Gasteiger partial charge in [0.2, 0.25) is 11.8 Å². The normalized spacial score (nSPS) is 40.2. The van der Waals surface area contributed by atoms with Crippen LogP contribution in [0.3, 0.4) is 0 Å². The molecule has 5 rings (SSSR count). The molecule has 2 aliphatic heterocycles. The molecule has 10 nitrogen and oxygen atoms in total. The van der Waals surface area contributed by atoms with Crippen LogP contribution in [-0.2, 0) is 24.0 Å². The molecule has 5 fully saturated rings. The zero-order valence-corrected chi connectivity index (χ0v) is 19.8. The fraction of sp³-hybridized carbons (Fsp3) is 0.792. The van der Waals surface area contributed by atoms with Gasteiger partial charge in [-0.1, -0.05) is 6.92 Å². The molecule has 3 saturated carbocycles. The van der Waals surface area contributed by atoms with Gasteiger partial charge in [-0.05, 0) is 62.2 Å². The lowest BCUT2D eigenvalue weighted by Gasteiger charge is -2.59. The lowest BCUT2D eigenvalue weighted by Crippen LogP contribution is -2.70. The van der Waals surface area contributed by atoms with Crippen molar-refractivity contribution < 1.29 is 33.5 Å². The molecule has 0 bridgehead atoms. The largest absolute Gasteiger partial charge is 0.389 e.